The number of benzene rings is 1. The maximum Gasteiger partial charge on any atom is 0.305 e. The quantitative estimate of drug-likeness (QED) is 0.699. The highest BCUT2D eigenvalue weighted by molar-refractivity contribution is 5.96. The summed E-state index contributed by atoms with van der Waals surface area (Å²) < 4.78 is 0. The van der Waals surface area contributed by atoms with Gasteiger partial charge in [-0.15, -0.1) is 0 Å². The van der Waals surface area contributed by atoms with Gasteiger partial charge in [0.05, 0.1) is 13.0 Å². The van der Waals surface area contributed by atoms with E-state index in [2.05, 4.69) is 10.6 Å². The van der Waals surface area contributed by atoms with Crippen molar-refractivity contribution in [3.63, 3.8) is 0 Å². The van der Waals surface area contributed by atoms with Crippen LogP contribution in [0.5, 0.6) is 0 Å². The maximum atomic E-state index is 11.8. The lowest BCUT2D eigenvalue weighted by Gasteiger charge is -2.20. The van der Waals surface area contributed by atoms with E-state index in [1.165, 1.54) is 0 Å². The summed E-state index contributed by atoms with van der Waals surface area (Å²) in [6, 6.07) is 8.10. The van der Waals surface area contributed by atoms with Crippen LogP contribution >= 0.6 is 0 Å². The van der Waals surface area contributed by atoms with E-state index in [4.69, 9.17) is 5.11 Å². The van der Waals surface area contributed by atoms with Crippen LogP contribution in [0.3, 0.4) is 0 Å². The average molecular weight is 292 g/mol. The number of carbonyl (C=O) groups excluding carboxylic acids is 2. The Balaban J connectivity index is 2.46. The molecule has 114 valence electrons. The van der Waals surface area contributed by atoms with E-state index in [1.54, 1.807) is 30.3 Å². The first-order chi connectivity index (χ1) is 9.90. The van der Waals surface area contributed by atoms with Gasteiger partial charge in [0.15, 0.2) is 0 Å². The van der Waals surface area contributed by atoms with Gasteiger partial charge in [0.1, 0.15) is 0 Å². The van der Waals surface area contributed by atoms with E-state index in [0.717, 1.165) is 0 Å². The molecular weight excluding hydrogens is 272 g/mol. The van der Waals surface area contributed by atoms with Crippen LogP contribution in [0.4, 0.5) is 0 Å². The highest BCUT2D eigenvalue weighted by Crippen LogP contribution is 2.05. The van der Waals surface area contributed by atoms with Crippen LogP contribution in [0.2, 0.25) is 0 Å². The summed E-state index contributed by atoms with van der Waals surface area (Å²) in [6.07, 6.45) is -0.143. The van der Waals surface area contributed by atoms with Crippen molar-refractivity contribution in [2.75, 3.05) is 6.54 Å². The van der Waals surface area contributed by atoms with Gasteiger partial charge in [-0.2, -0.15) is 0 Å². The van der Waals surface area contributed by atoms with Gasteiger partial charge in [0, 0.05) is 11.6 Å². The number of aliphatic carboxylic acids is 1. The number of hydrogen-bond donors (Lipinski definition) is 3. The van der Waals surface area contributed by atoms with Crippen molar-refractivity contribution in [2.45, 2.75) is 26.3 Å². The van der Waals surface area contributed by atoms with Crippen LogP contribution in [0.15, 0.2) is 30.3 Å². The third-order valence-corrected chi connectivity index (χ3v) is 2.99. The van der Waals surface area contributed by atoms with E-state index in [-0.39, 0.29) is 24.8 Å². The van der Waals surface area contributed by atoms with Crippen LogP contribution in [0.25, 0.3) is 0 Å². The topological polar surface area (TPSA) is 95.5 Å². The van der Waals surface area contributed by atoms with Gasteiger partial charge in [-0.05, 0) is 18.1 Å². The van der Waals surface area contributed by atoms with Gasteiger partial charge < -0.3 is 15.7 Å². The summed E-state index contributed by atoms with van der Waals surface area (Å²) in [5.41, 5.74) is 0.469. The molecular formula is C15H20N2O4. The van der Waals surface area contributed by atoms with Crippen molar-refractivity contribution in [1.29, 1.82) is 0 Å². The monoisotopic (exact) mass is 292 g/mol. The summed E-state index contributed by atoms with van der Waals surface area (Å²) >= 11 is 0. The Hall–Kier alpha value is -2.37. The highest BCUT2D eigenvalue weighted by Gasteiger charge is 2.19. The van der Waals surface area contributed by atoms with Crippen LogP contribution < -0.4 is 10.6 Å². The second kappa shape index (κ2) is 8.04. The molecule has 0 saturated heterocycles. The lowest BCUT2D eigenvalue weighted by atomic mass is 10.0. The Labute approximate surface area is 123 Å². The van der Waals surface area contributed by atoms with E-state index in [1.807, 2.05) is 13.8 Å². The number of carboxylic acids is 1. The summed E-state index contributed by atoms with van der Waals surface area (Å²) in [7, 11) is 0. The Morgan fingerprint density at radius 1 is 1.14 bits per heavy atom. The van der Waals surface area contributed by atoms with Crippen molar-refractivity contribution in [3.05, 3.63) is 35.9 Å². The number of carboxylic acid groups (broad SMARTS) is 1. The van der Waals surface area contributed by atoms with Crippen molar-refractivity contribution in [1.82, 2.24) is 10.6 Å². The number of nitrogens with one attached hydrogen (secondary N) is 2. The molecule has 1 aromatic rings. The molecule has 1 aromatic carbocycles. The van der Waals surface area contributed by atoms with Gasteiger partial charge in [0.25, 0.3) is 5.91 Å². The predicted octanol–water partition coefficient (Wildman–Crippen LogP) is 1.03. The lowest BCUT2D eigenvalue weighted by molar-refractivity contribution is -0.138. The molecule has 0 aromatic heterocycles. The third kappa shape index (κ3) is 6.07. The summed E-state index contributed by atoms with van der Waals surface area (Å²) in [5.74, 6) is -1.72. The van der Waals surface area contributed by atoms with Crippen LogP contribution in [0.1, 0.15) is 30.6 Å². The smallest absolute Gasteiger partial charge is 0.305 e. The molecule has 1 unspecified atom stereocenters. The Morgan fingerprint density at radius 2 is 1.76 bits per heavy atom. The standard InChI is InChI=1S/C15H20N2O4/c1-10(2)12(8-14(19)20)17-13(18)9-16-15(21)11-6-4-3-5-7-11/h3-7,10,12H,8-9H2,1-2H3,(H,16,21)(H,17,18)(H,19,20). The summed E-state index contributed by atoms with van der Waals surface area (Å²) in [5, 5.41) is 13.9. The molecule has 0 fully saturated rings. The molecule has 0 bridgehead atoms. The minimum absolute atomic E-state index is 0.00475. The molecule has 0 aliphatic rings. The zero-order valence-electron chi connectivity index (χ0n) is 12.1. The van der Waals surface area contributed by atoms with Crippen molar-refractivity contribution in [2.24, 2.45) is 5.92 Å². The van der Waals surface area contributed by atoms with Gasteiger partial charge in [-0.3, -0.25) is 14.4 Å². The first-order valence-electron chi connectivity index (χ1n) is 6.74. The molecule has 3 N–H and O–H groups in total. The molecule has 0 saturated carbocycles. The van der Waals surface area contributed by atoms with E-state index < -0.39 is 17.9 Å². The number of rotatable bonds is 7. The molecule has 1 rings (SSSR count). The van der Waals surface area contributed by atoms with Crippen LogP contribution in [-0.4, -0.2) is 35.5 Å². The van der Waals surface area contributed by atoms with Gasteiger partial charge in [-0.25, -0.2) is 0 Å². The fourth-order valence-electron chi connectivity index (χ4n) is 1.75. The molecule has 21 heavy (non-hydrogen) atoms. The van der Waals surface area contributed by atoms with Crippen molar-refractivity contribution < 1.29 is 19.5 Å². The zero-order valence-corrected chi connectivity index (χ0v) is 12.1. The van der Waals surface area contributed by atoms with E-state index >= 15 is 0 Å². The average Bonchev–Trinajstić information content (AvgIpc) is 2.44. The minimum Gasteiger partial charge on any atom is -0.481 e. The number of hydrogen-bond acceptors (Lipinski definition) is 3. The van der Waals surface area contributed by atoms with E-state index in [0.29, 0.717) is 5.56 Å². The molecule has 6 nitrogen and oxygen atoms in total. The maximum absolute atomic E-state index is 11.8. The Kier molecular flexibility index (Phi) is 6.39. The number of amides is 2. The first kappa shape index (κ1) is 16.7. The molecule has 0 spiro atoms. The van der Waals surface area contributed by atoms with Crippen LogP contribution in [-0.2, 0) is 9.59 Å². The first-order valence-corrected chi connectivity index (χ1v) is 6.74. The molecule has 6 heteroatoms. The number of carbonyl (C=O) groups is 3. The van der Waals surface area contributed by atoms with Gasteiger partial charge in [-0.1, -0.05) is 32.0 Å². The highest BCUT2D eigenvalue weighted by atomic mass is 16.4. The SMILES string of the molecule is CC(C)C(CC(=O)O)NC(=O)CNC(=O)c1ccccc1. The molecule has 0 aliphatic heterocycles. The molecule has 1 atom stereocenters. The predicted molar refractivity (Wildman–Crippen MR) is 77.8 cm³/mol. The van der Waals surface area contributed by atoms with Crippen molar-refractivity contribution >= 4 is 17.8 Å². The Bertz CT molecular complexity index is 500. The summed E-state index contributed by atoms with van der Waals surface area (Å²) in [6.45, 7) is 3.48. The second-order valence-corrected chi connectivity index (χ2v) is 5.06. The van der Waals surface area contributed by atoms with Crippen molar-refractivity contribution in [3.8, 4) is 0 Å². The Morgan fingerprint density at radius 3 is 2.29 bits per heavy atom. The normalized spacial score (nSPS) is 11.8. The fraction of sp³-hybridized carbons (Fsp3) is 0.400. The second-order valence-electron chi connectivity index (χ2n) is 5.06. The summed E-state index contributed by atoms with van der Waals surface area (Å²) in [4.78, 5) is 34.2. The molecule has 2 amide bonds. The molecule has 0 aliphatic carbocycles. The lowest BCUT2D eigenvalue weighted by Crippen LogP contribution is -2.45. The molecule has 0 radical (unpaired) electrons. The van der Waals surface area contributed by atoms with Gasteiger partial charge in [0.2, 0.25) is 5.91 Å². The largest absolute Gasteiger partial charge is 0.481 e. The minimum atomic E-state index is -0.970. The van der Waals surface area contributed by atoms with Crippen LogP contribution in [0, 0.1) is 5.92 Å². The van der Waals surface area contributed by atoms with E-state index in [9.17, 15) is 14.4 Å². The van der Waals surface area contributed by atoms with Gasteiger partial charge >= 0.3 is 5.97 Å². The fourth-order valence-corrected chi connectivity index (χ4v) is 1.75. The zero-order chi connectivity index (χ0) is 15.8. The third-order valence-electron chi connectivity index (χ3n) is 2.99. The molecule has 0 heterocycles.